The predicted molar refractivity (Wildman–Crippen MR) is 70.3 cm³/mol. The molecule has 1 aromatic heterocycles. The summed E-state index contributed by atoms with van der Waals surface area (Å²) in [4.78, 5) is 23.2. The van der Waals surface area contributed by atoms with Crippen molar-refractivity contribution in [2.45, 2.75) is 33.2 Å². The van der Waals surface area contributed by atoms with E-state index in [0.717, 1.165) is 6.42 Å². The first-order chi connectivity index (χ1) is 9.06. The highest BCUT2D eigenvalue weighted by Crippen LogP contribution is 2.12. The van der Waals surface area contributed by atoms with Crippen LogP contribution in [0.25, 0.3) is 0 Å². The first kappa shape index (κ1) is 15.4. The third kappa shape index (κ3) is 5.25. The summed E-state index contributed by atoms with van der Waals surface area (Å²) in [5.41, 5.74) is 0. The molecule has 0 aromatic carbocycles. The van der Waals surface area contributed by atoms with Gasteiger partial charge >= 0.3 is 12.0 Å². The molecule has 1 N–H and O–H groups in total. The second-order valence-electron chi connectivity index (χ2n) is 3.68. The largest absolute Gasteiger partial charge is 0.464 e. The Morgan fingerprint density at radius 1 is 1.37 bits per heavy atom. The minimum Gasteiger partial charge on any atom is -0.464 e. The maximum absolute atomic E-state index is 11.5. The molecule has 0 saturated heterocycles. The molecule has 0 fully saturated rings. The van der Waals surface area contributed by atoms with Crippen molar-refractivity contribution in [3.05, 3.63) is 5.28 Å². The van der Waals surface area contributed by atoms with Gasteiger partial charge in [0.1, 0.15) is 6.04 Å². The van der Waals surface area contributed by atoms with Gasteiger partial charge in [0.05, 0.1) is 13.2 Å². The Bertz CT molecular complexity index is 430. The maximum atomic E-state index is 11.5. The van der Waals surface area contributed by atoms with Crippen LogP contribution in [0.1, 0.15) is 27.2 Å². The summed E-state index contributed by atoms with van der Waals surface area (Å²) in [6.45, 7) is 6.13. The van der Waals surface area contributed by atoms with Crippen LogP contribution in [0.15, 0.2) is 0 Å². The Labute approximate surface area is 116 Å². The topological polar surface area (TPSA) is 86.2 Å². The van der Waals surface area contributed by atoms with Crippen LogP contribution in [-0.4, -0.2) is 40.2 Å². The zero-order chi connectivity index (χ0) is 14.3. The minimum absolute atomic E-state index is 0.000313. The van der Waals surface area contributed by atoms with Crippen molar-refractivity contribution in [2.75, 3.05) is 18.5 Å². The van der Waals surface area contributed by atoms with Crippen LogP contribution in [0.2, 0.25) is 5.28 Å². The smallest absolute Gasteiger partial charge is 0.328 e. The van der Waals surface area contributed by atoms with Gasteiger partial charge in [0, 0.05) is 0 Å². The molecule has 1 aromatic rings. The maximum Gasteiger partial charge on any atom is 0.328 e. The molecular weight excluding hydrogens is 272 g/mol. The molecule has 0 aliphatic heterocycles. The van der Waals surface area contributed by atoms with Gasteiger partial charge in [0.25, 0.3) is 0 Å². The van der Waals surface area contributed by atoms with Gasteiger partial charge in [-0.25, -0.2) is 4.79 Å². The average Bonchev–Trinajstić information content (AvgIpc) is 2.36. The van der Waals surface area contributed by atoms with Crippen molar-refractivity contribution in [1.82, 2.24) is 15.0 Å². The van der Waals surface area contributed by atoms with Crippen LogP contribution >= 0.6 is 11.6 Å². The van der Waals surface area contributed by atoms with E-state index >= 15 is 0 Å². The number of ether oxygens (including phenoxy) is 2. The summed E-state index contributed by atoms with van der Waals surface area (Å²) in [6, 6.07) is -0.460. The van der Waals surface area contributed by atoms with E-state index in [2.05, 4.69) is 20.3 Å². The summed E-state index contributed by atoms with van der Waals surface area (Å²) in [5, 5.41) is 2.78. The van der Waals surface area contributed by atoms with Gasteiger partial charge in [-0.3, -0.25) is 0 Å². The number of anilines is 1. The van der Waals surface area contributed by atoms with Gasteiger partial charge in [-0.1, -0.05) is 6.92 Å². The van der Waals surface area contributed by atoms with E-state index < -0.39 is 12.0 Å². The van der Waals surface area contributed by atoms with Crippen molar-refractivity contribution in [3.63, 3.8) is 0 Å². The lowest BCUT2D eigenvalue weighted by Crippen LogP contribution is -2.29. The van der Waals surface area contributed by atoms with Crippen LogP contribution in [0.4, 0.5) is 5.95 Å². The van der Waals surface area contributed by atoms with Crippen LogP contribution in [-0.2, 0) is 9.53 Å². The lowest BCUT2D eigenvalue weighted by molar-refractivity contribution is -0.143. The zero-order valence-corrected chi connectivity index (χ0v) is 11.9. The van der Waals surface area contributed by atoms with Gasteiger partial charge in [-0.15, -0.1) is 0 Å². The van der Waals surface area contributed by atoms with E-state index in [4.69, 9.17) is 21.1 Å². The number of esters is 1. The van der Waals surface area contributed by atoms with Crippen molar-refractivity contribution in [3.8, 4) is 6.01 Å². The molecule has 0 bridgehead atoms. The molecule has 1 heterocycles. The number of rotatable bonds is 7. The van der Waals surface area contributed by atoms with E-state index in [9.17, 15) is 4.79 Å². The van der Waals surface area contributed by atoms with Crippen molar-refractivity contribution >= 4 is 23.5 Å². The Balaban J connectivity index is 2.71. The molecule has 0 aliphatic carbocycles. The highest BCUT2D eigenvalue weighted by atomic mass is 35.5. The van der Waals surface area contributed by atoms with E-state index in [1.54, 1.807) is 13.8 Å². The Kier molecular flexibility index (Phi) is 6.27. The summed E-state index contributed by atoms with van der Waals surface area (Å²) in [5.74, 6) is -0.221. The van der Waals surface area contributed by atoms with Gasteiger partial charge in [0.2, 0.25) is 11.2 Å². The monoisotopic (exact) mass is 288 g/mol. The Morgan fingerprint density at radius 3 is 2.74 bits per heavy atom. The van der Waals surface area contributed by atoms with Gasteiger partial charge < -0.3 is 14.8 Å². The molecule has 8 heteroatoms. The molecule has 0 spiro atoms. The standard InChI is InChI=1S/C11H17ClN4O3/c1-4-6-19-11-15-9(12)14-10(16-11)13-7(3)8(17)18-5-2/h7H,4-6H2,1-3H3,(H,13,14,15,16). The van der Waals surface area contributed by atoms with Gasteiger partial charge in [-0.05, 0) is 31.9 Å². The fraction of sp³-hybridized carbons (Fsp3) is 0.636. The second kappa shape index (κ2) is 7.73. The van der Waals surface area contributed by atoms with Crippen LogP contribution in [0, 0.1) is 0 Å². The summed E-state index contributed by atoms with van der Waals surface area (Å²) in [6.07, 6.45) is 0.825. The van der Waals surface area contributed by atoms with E-state index in [1.165, 1.54) is 0 Å². The number of hydrogen-bond donors (Lipinski definition) is 1. The molecular formula is C11H17ClN4O3. The quantitative estimate of drug-likeness (QED) is 0.764. The first-order valence-corrected chi connectivity index (χ1v) is 6.42. The summed E-state index contributed by atoms with van der Waals surface area (Å²) in [7, 11) is 0. The van der Waals surface area contributed by atoms with Crippen molar-refractivity contribution < 1.29 is 14.3 Å². The van der Waals surface area contributed by atoms with Crippen LogP contribution in [0.5, 0.6) is 6.01 Å². The fourth-order valence-corrected chi connectivity index (χ4v) is 1.33. The number of hydrogen-bond acceptors (Lipinski definition) is 7. The van der Waals surface area contributed by atoms with Crippen molar-refractivity contribution in [2.24, 2.45) is 0 Å². The number of aromatic nitrogens is 3. The minimum atomic E-state index is -0.586. The normalized spacial score (nSPS) is 11.8. The molecule has 1 unspecified atom stereocenters. The third-order valence-corrected chi connectivity index (χ3v) is 2.18. The fourth-order valence-electron chi connectivity index (χ4n) is 1.17. The number of carbonyl (C=O) groups is 1. The molecule has 0 saturated carbocycles. The van der Waals surface area contributed by atoms with Crippen LogP contribution < -0.4 is 10.1 Å². The second-order valence-corrected chi connectivity index (χ2v) is 4.02. The summed E-state index contributed by atoms with van der Waals surface area (Å²) >= 11 is 5.75. The van der Waals surface area contributed by atoms with E-state index in [0.29, 0.717) is 13.2 Å². The lowest BCUT2D eigenvalue weighted by Gasteiger charge is -2.12. The van der Waals surface area contributed by atoms with Gasteiger partial charge in [-0.2, -0.15) is 15.0 Å². The number of carbonyl (C=O) groups excluding carboxylic acids is 1. The van der Waals surface area contributed by atoms with E-state index in [-0.39, 0.29) is 17.2 Å². The highest BCUT2D eigenvalue weighted by Gasteiger charge is 2.16. The SMILES string of the molecule is CCCOc1nc(Cl)nc(NC(C)C(=O)OCC)n1. The molecule has 0 radical (unpaired) electrons. The molecule has 1 rings (SSSR count). The Morgan fingerprint density at radius 2 is 2.11 bits per heavy atom. The van der Waals surface area contributed by atoms with Crippen LogP contribution in [0.3, 0.4) is 0 Å². The molecule has 19 heavy (non-hydrogen) atoms. The first-order valence-electron chi connectivity index (χ1n) is 6.04. The molecule has 1 atom stereocenters. The zero-order valence-electron chi connectivity index (χ0n) is 11.1. The summed E-state index contributed by atoms with van der Waals surface area (Å²) < 4.78 is 10.1. The number of halogens is 1. The number of nitrogens with zero attached hydrogens (tertiary/aromatic N) is 3. The molecule has 7 nitrogen and oxygen atoms in total. The highest BCUT2D eigenvalue weighted by molar-refractivity contribution is 6.28. The molecule has 0 amide bonds. The average molecular weight is 289 g/mol. The molecule has 0 aliphatic rings. The third-order valence-electron chi connectivity index (χ3n) is 2.01. The predicted octanol–water partition coefficient (Wildman–Crippen LogP) is 1.68. The number of nitrogens with one attached hydrogen (secondary N) is 1. The van der Waals surface area contributed by atoms with E-state index in [1.807, 2.05) is 6.92 Å². The Hall–Kier alpha value is -1.63. The van der Waals surface area contributed by atoms with Gasteiger partial charge in [0.15, 0.2) is 0 Å². The van der Waals surface area contributed by atoms with Crippen molar-refractivity contribution in [1.29, 1.82) is 0 Å². The molecule has 106 valence electrons. The lowest BCUT2D eigenvalue weighted by atomic mass is 10.3.